The monoisotopic (exact) mass is 322 g/mol. The number of pyridine rings is 2. The molecule has 1 saturated heterocycles. The first-order valence-corrected chi connectivity index (χ1v) is 7.84. The zero-order valence-electron chi connectivity index (χ0n) is 13.0. The molecule has 0 amide bonds. The second-order valence-electron chi connectivity index (χ2n) is 5.88. The molecule has 4 heterocycles. The fraction of sp³-hybridized carbons (Fsp3) is 0.294. The first-order chi connectivity index (χ1) is 11.7. The average Bonchev–Trinajstić information content (AvgIpc) is 3.11. The summed E-state index contributed by atoms with van der Waals surface area (Å²) >= 11 is 0. The van der Waals surface area contributed by atoms with Gasteiger partial charge in [0, 0.05) is 12.8 Å². The van der Waals surface area contributed by atoms with E-state index in [-0.39, 0.29) is 17.2 Å². The number of ether oxygens (including phenoxy) is 1. The van der Waals surface area contributed by atoms with Gasteiger partial charge in [-0.25, -0.2) is 4.57 Å². The summed E-state index contributed by atoms with van der Waals surface area (Å²) in [6.07, 6.45) is 3.61. The molecule has 24 heavy (non-hydrogen) atoms. The fourth-order valence-corrected chi connectivity index (χ4v) is 3.17. The van der Waals surface area contributed by atoms with Gasteiger partial charge >= 0.3 is 0 Å². The van der Waals surface area contributed by atoms with Crippen molar-refractivity contribution >= 4 is 22.5 Å². The van der Waals surface area contributed by atoms with Crippen LogP contribution in [0.5, 0.6) is 0 Å². The third-order valence-electron chi connectivity index (χ3n) is 4.39. The summed E-state index contributed by atoms with van der Waals surface area (Å²) in [5, 5.41) is 9.74. The van der Waals surface area contributed by atoms with Crippen molar-refractivity contribution in [1.82, 2.24) is 9.38 Å². The molecule has 3 aromatic rings. The van der Waals surface area contributed by atoms with Crippen LogP contribution in [0.2, 0.25) is 0 Å². The van der Waals surface area contributed by atoms with Crippen LogP contribution in [-0.2, 0) is 11.3 Å². The number of hydrogen-bond donors (Lipinski definition) is 1. The van der Waals surface area contributed by atoms with Crippen LogP contribution in [0.1, 0.15) is 18.4 Å². The van der Waals surface area contributed by atoms with Crippen molar-refractivity contribution in [2.45, 2.75) is 25.5 Å². The van der Waals surface area contributed by atoms with Gasteiger partial charge in [-0.15, -0.1) is 0 Å². The van der Waals surface area contributed by atoms with E-state index in [4.69, 9.17) is 10.5 Å². The molecule has 0 radical (unpaired) electrons. The Hall–Kier alpha value is -2.98. The smallest absolute Gasteiger partial charge is 0.278 e. The Morgan fingerprint density at radius 1 is 1.50 bits per heavy atom. The third-order valence-corrected chi connectivity index (χ3v) is 4.39. The van der Waals surface area contributed by atoms with Crippen molar-refractivity contribution in [3.05, 3.63) is 46.4 Å². The summed E-state index contributed by atoms with van der Waals surface area (Å²) in [7, 11) is 0. The van der Waals surface area contributed by atoms with E-state index in [0.29, 0.717) is 29.0 Å². The van der Waals surface area contributed by atoms with E-state index in [0.717, 1.165) is 19.4 Å². The minimum Gasteiger partial charge on any atom is -0.375 e. The highest BCUT2D eigenvalue weighted by atomic mass is 16.5. The summed E-state index contributed by atoms with van der Waals surface area (Å²) in [4.78, 5) is 17.4. The maximum absolute atomic E-state index is 12.8. The molecule has 0 saturated carbocycles. The normalized spacial score (nSPS) is 17.4. The highest BCUT2D eigenvalue weighted by Gasteiger charge is 2.25. The maximum Gasteiger partial charge on any atom is 0.278 e. The van der Waals surface area contributed by atoms with Crippen LogP contribution in [0.15, 0.2) is 35.3 Å². The largest absolute Gasteiger partial charge is 0.375 e. The van der Waals surface area contributed by atoms with Gasteiger partial charge in [-0.1, -0.05) is 11.1 Å². The van der Waals surface area contributed by atoms with Gasteiger partial charge in [0.1, 0.15) is 17.0 Å². The van der Waals surface area contributed by atoms with E-state index in [1.807, 2.05) is 6.07 Å². The number of aromatic nitrogens is 3. The molecular formula is C17H16N5O2+. The van der Waals surface area contributed by atoms with Gasteiger partial charge in [0.05, 0.1) is 12.6 Å². The predicted molar refractivity (Wildman–Crippen MR) is 87.3 cm³/mol. The Morgan fingerprint density at radius 3 is 3.12 bits per heavy atom. The molecule has 0 bridgehead atoms. The van der Waals surface area contributed by atoms with Gasteiger partial charge in [-0.05, 0) is 31.0 Å². The van der Waals surface area contributed by atoms with Crippen LogP contribution in [0, 0.1) is 11.3 Å². The molecule has 7 nitrogen and oxygen atoms in total. The Labute approximate surface area is 137 Å². The van der Waals surface area contributed by atoms with Crippen molar-refractivity contribution in [2.75, 3.05) is 12.3 Å². The molecule has 120 valence electrons. The van der Waals surface area contributed by atoms with Crippen molar-refractivity contribution in [3.8, 4) is 6.07 Å². The molecule has 0 aliphatic carbocycles. The first kappa shape index (κ1) is 14.6. The summed E-state index contributed by atoms with van der Waals surface area (Å²) in [5.41, 5.74) is 7.25. The van der Waals surface area contributed by atoms with Gasteiger partial charge in [-0.3, -0.25) is 9.20 Å². The number of fused-ring (bicyclic) bond motifs is 2. The number of rotatable bonds is 2. The van der Waals surface area contributed by atoms with Crippen LogP contribution < -0.4 is 15.9 Å². The van der Waals surface area contributed by atoms with Crippen LogP contribution >= 0.6 is 0 Å². The molecular weight excluding hydrogens is 306 g/mol. The van der Waals surface area contributed by atoms with Crippen molar-refractivity contribution < 1.29 is 9.30 Å². The molecule has 2 N–H and O–H groups in total. The lowest BCUT2D eigenvalue weighted by molar-refractivity contribution is -0.666. The van der Waals surface area contributed by atoms with Crippen LogP contribution in [-0.4, -0.2) is 22.1 Å². The molecule has 1 fully saturated rings. The Morgan fingerprint density at radius 2 is 2.38 bits per heavy atom. The minimum absolute atomic E-state index is 0.0190. The molecule has 7 heteroatoms. The number of nitriles is 1. The SMILES string of the molecule is N#Cc1cc2c(=O)n3ccccc3nc2[n+](CC2CCCO2)c1N. The number of hydrogen-bond acceptors (Lipinski definition) is 5. The highest BCUT2D eigenvalue weighted by molar-refractivity contribution is 5.76. The maximum atomic E-state index is 12.8. The second-order valence-corrected chi connectivity index (χ2v) is 5.88. The molecule has 3 aromatic heterocycles. The third kappa shape index (κ3) is 2.20. The lowest BCUT2D eigenvalue weighted by Crippen LogP contribution is -2.45. The first-order valence-electron chi connectivity index (χ1n) is 7.84. The summed E-state index contributed by atoms with van der Waals surface area (Å²) in [6, 6.07) is 8.95. The van der Waals surface area contributed by atoms with Crippen molar-refractivity contribution in [3.63, 3.8) is 0 Å². The molecule has 1 aliphatic rings. The lowest BCUT2D eigenvalue weighted by atomic mass is 10.2. The van der Waals surface area contributed by atoms with Crippen LogP contribution in [0.4, 0.5) is 5.82 Å². The Bertz CT molecular complexity index is 1040. The topological polar surface area (TPSA) is 97.3 Å². The lowest BCUT2D eigenvalue weighted by Gasteiger charge is -2.13. The number of nitrogens with zero attached hydrogens (tertiary/aromatic N) is 4. The predicted octanol–water partition coefficient (Wildman–Crippen LogP) is 0.768. The molecule has 1 aliphatic heterocycles. The van der Waals surface area contributed by atoms with Gasteiger partial charge in [-0.2, -0.15) is 5.26 Å². The molecule has 4 rings (SSSR count). The Kier molecular flexibility index (Phi) is 3.40. The van der Waals surface area contributed by atoms with E-state index >= 15 is 0 Å². The zero-order valence-corrected chi connectivity index (χ0v) is 13.0. The van der Waals surface area contributed by atoms with Gasteiger partial charge in [0.25, 0.3) is 11.2 Å². The number of nitrogens with two attached hydrogens (primary N) is 1. The van der Waals surface area contributed by atoms with E-state index in [9.17, 15) is 10.1 Å². The fourth-order valence-electron chi connectivity index (χ4n) is 3.17. The van der Waals surface area contributed by atoms with Gasteiger partial charge in [0.15, 0.2) is 0 Å². The van der Waals surface area contributed by atoms with Gasteiger partial charge in [0.2, 0.25) is 11.5 Å². The number of nitrogen functional groups attached to an aromatic ring is 1. The minimum atomic E-state index is -0.215. The summed E-state index contributed by atoms with van der Waals surface area (Å²) in [5.74, 6) is 0.313. The number of anilines is 1. The summed E-state index contributed by atoms with van der Waals surface area (Å²) in [6.45, 7) is 1.20. The molecule has 1 atom stereocenters. The van der Waals surface area contributed by atoms with E-state index < -0.39 is 0 Å². The van der Waals surface area contributed by atoms with E-state index in [1.165, 1.54) is 10.5 Å². The van der Waals surface area contributed by atoms with Crippen LogP contribution in [0.3, 0.4) is 0 Å². The quantitative estimate of drug-likeness (QED) is 0.555. The van der Waals surface area contributed by atoms with Gasteiger partial charge < -0.3 is 10.5 Å². The van der Waals surface area contributed by atoms with Crippen LogP contribution in [0.25, 0.3) is 16.7 Å². The zero-order chi connectivity index (χ0) is 16.7. The molecule has 0 aromatic carbocycles. The van der Waals surface area contributed by atoms with E-state index in [2.05, 4.69) is 11.1 Å². The highest BCUT2D eigenvalue weighted by Crippen LogP contribution is 2.17. The Balaban J connectivity index is 2.05. The summed E-state index contributed by atoms with van der Waals surface area (Å²) < 4.78 is 8.88. The standard InChI is InChI=1S/C17H15N5O2/c18-9-11-8-13-16(20-14-5-1-2-6-21(14)17(13)23)22(15(11)19)10-12-4-3-7-24-12/h1-2,5-6,8,12,19H,3-4,7,10H2/p+1. The van der Waals surface area contributed by atoms with Crippen molar-refractivity contribution in [2.24, 2.45) is 0 Å². The average molecular weight is 322 g/mol. The van der Waals surface area contributed by atoms with Crippen molar-refractivity contribution in [1.29, 1.82) is 5.26 Å². The molecule has 1 unspecified atom stereocenters. The van der Waals surface area contributed by atoms with E-state index in [1.54, 1.807) is 22.9 Å². The molecule has 0 spiro atoms. The second kappa shape index (κ2) is 5.58.